The number of sulfonamides is 1. The van der Waals surface area contributed by atoms with Crippen LogP contribution in [-0.2, 0) is 14.8 Å². The molecule has 4 rings (SSSR count). The highest BCUT2D eigenvalue weighted by Gasteiger charge is 2.28. The number of likely N-dealkylation sites (tertiary alicyclic amines) is 1. The minimum Gasteiger partial charge on any atom is -0.450 e. The molecule has 2 amide bonds. The lowest BCUT2D eigenvalue weighted by Crippen LogP contribution is -2.46. The van der Waals surface area contributed by atoms with Crippen LogP contribution in [0, 0.1) is 0 Å². The van der Waals surface area contributed by atoms with Crippen molar-refractivity contribution in [3.8, 4) is 0 Å². The first-order valence-corrected chi connectivity index (χ1v) is 13.2. The maximum absolute atomic E-state index is 13.3. The Morgan fingerprint density at radius 3 is 2.34 bits per heavy atom. The Labute approximate surface area is 209 Å². The van der Waals surface area contributed by atoms with E-state index in [0.717, 1.165) is 0 Å². The number of piperidine rings is 1. The van der Waals surface area contributed by atoms with E-state index in [-0.39, 0.29) is 22.9 Å². The molecule has 2 N–H and O–H groups in total. The number of amides is 2. The van der Waals surface area contributed by atoms with Gasteiger partial charge in [0.2, 0.25) is 10.0 Å². The Morgan fingerprint density at radius 2 is 1.66 bits per heavy atom. The number of anilines is 1. The third-order valence-corrected chi connectivity index (χ3v) is 7.79. The van der Waals surface area contributed by atoms with Crippen LogP contribution in [0.4, 0.5) is 10.5 Å². The number of ether oxygens (including phenoxy) is 1. The third-order valence-electron chi connectivity index (χ3n) is 5.88. The van der Waals surface area contributed by atoms with Gasteiger partial charge in [0.15, 0.2) is 0 Å². The van der Waals surface area contributed by atoms with E-state index in [1.807, 2.05) is 0 Å². The lowest BCUT2D eigenvalue weighted by molar-refractivity contribution is 0.0964. The summed E-state index contributed by atoms with van der Waals surface area (Å²) in [6, 6.07) is 16.5. The van der Waals surface area contributed by atoms with Crippen molar-refractivity contribution in [3.05, 3.63) is 71.2 Å². The van der Waals surface area contributed by atoms with Gasteiger partial charge in [0, 0.05) is 35.6 Å². The van der Waals surface area contributed by atoms with Crippen molar-refractivity contribution in [1.82, 2.24) is 9.62 Å². The molecular formula is C25H26ClN3O5S. The number of nitrogens with one attached hydrogen (secondary N) is 2. The van der Waals surface area contributed by atoms with Crippen LogP contribution in [0.2, 0.25) is 5.02 Å². The van der Waals surface area contributed by atoms with Gasteiger partial charge in [0.05, 0.1) is 22.1 Å². The van der Waals surface area contributed by atoms with Crippen molar-refractivity contribution in [2.75, 3.05) is 25.0 Å². The summed E-state index contributed by atoms with van der Waals surface area (Å²) in [6.07, 6.45) is 0.596. The molecule has 0 bridgehead atoms. The van der Waals surface area contributed by atoms with Gasteiger partial charge in [-0.25, -0.2) is 17.9 Å². The van der Waals surface area contributed by atoms with Crippen LogP contribution in [0.1, 0.15) is 30.1 Å². The molecule has 35 heavy (non-hydrogen) atoms. The Bertz CT molecular complexity index is 1350. The summed E-state index contributed by atoms with van der Waals surface area (Å²) >= 11 is 6.15. The van der Waals surface area contributed by atoms with Crippen LogP contribution >= 0.6 is 11.6 Å². The van der Waals surface area contributed by atoms with Crippen molar-refractivity contribution >= 4 is 50.1 Å². The first kappa shape index (κ1) is 25.0. The Kier molecular flexibility index (Phi) is 7.59. The minimum atomic E-state index is -3.86. The molecule has 3 aromatic carbocycles. The second-order valence-electron chi connectivity index (χ2n) is 8.17. The van der Waals surface area contributed by atoms with E-state index in [9.17, 15) is 18.0 Å². The van der Waals surface area contributed by atoms with E-state index >= 15 is 0 Å². The molecule has 0 saturated carbocycles. The lowest BCUT2D eigenvalue weighted by Gasteiger charge is -2.31. The molecule has 1 heterocycles. The standard InChI is InChI=1S/C25H26ClN3O5S/c1-2-34-25(31)29-15-13-17(14-16-29)28-35(32,33)23-12-11-22(18-7-3-4-8-19(18)23)27-24(30)20-9-5-6-10-21(20)26/h3-12,17,28H,2,13-16H2,1H3,(H,27,30). The zero-order chi connectivity index (χ0) is 25.0. The first-order chi connectivity index (χ1) is 16.8. The van der Waals surface area contributed by atoms with Crippen molar-refractivity contribution in [1.29, 1.82) is 0 Å². The van der Waals surface area contributed by atoms with Crippen LogP contribution in [-0.4, -0.2) is 51.1 Å². The van der Waals surface area contributed by atoms with Crippen LogP contribution < -0.4 is 10.0 Å². The number of benzene rings is 3. The Balaban J connectivity index is 1.55. The number of fused-ring (bicyclic) bond motifs is 1. The van der Waals surface area contributed by atoms with E-state index < -0.39 is 10.0 Å². The number of rotatable bonds is 6. The second kappa shape index (κ2) is 10.6. The Hall–Kier alpha value is -3.14. The van der Waals surface area contributed by atoms with Gasteiger partial charge in [0.1, 0.15) is 0 Å². The van der Waals surface area contributed by atoms with Crippen molar-refractivity contribution in [2.24, 2.45) is 0 Å². The number of hydrogen-bond acceptors (Lipinski definition) is 5. The average Bonchev–Trinajstić information content (AvgIpc) is 2.84. The summed E-state index contributed by atoms with van der Waals surface area (Å²) < 4.78 is 34.4. The largest absolute Gasteiger partial charge is 0.450 e. The highest BCUT2D eigenvalue weighted by atomic mass is 35.5. The molecule has 1 fully saturated rings. The quantitative estimate of drug-likeness (QED) is 0.497. The number of carbonyl (C=O) groups excluding carboxylic acids is 2. The monoisotopic (exact) mass is 515 g/mol. The van der Waals surface area contributed by atoms with Gasteiger partial charge in [-0.15, -0.1) is 0 Å². The topological polar surface area (TPSA) is 105 Å². The highest BCUT2D eigenvalue weighted by molar-refractivity contribution is 7.89. The predicted molar refractivity (Wildman–Crippen MR) is 135 cm³/mol. The molecule has 8 nitrogen and oxygen atoms in total. The molecule has 0 atom stereocenters. The summed E-state index contributed by atoms with van der Waals surface area (Å²) in [5.41, 5.74) is 0.804. The van der Waals surface area contributed by atoms with Gasteiger partial charge in [-0.05, 0) is 44.0 Å². The summed E-state index contributed by atoms with van der Waals surface area (Å²) in [4.78, 5) is 26.4. The van der Waals surface area contributed by atoms with Gasteiger partial charge in [-0.2, -0.15) is 0 Å². The normalized spacial score (nSPS) is 14.6. The van der Waals surface area contributed by atoms with Crippen LogP contribution in [0.15, 0.2) is 65.6 Å². The number of carbonyl (C=O) groups is 2. The zero-order valence-electron chi connectivity index (χ0n) is 19.2. The number of hydrogen-bond donors (Lipinski definition) is 2. The van der Waals surface area contributed by atoms with E-state index in [0.29, 0.717) is 59.6 Å². The maximum atomic E-state index is 13.3. The van der Waals surface area contributed by atoms with Crippen LogP contribution in [0.3, 0.4) is 0 Å². The molecule has 0 radical (unpaired) electrons. The number of nitrogens with zero attached hydrogens (tertiary/aromatic N) is 1. The third kappa shape index (κ3) is 5.58. The van der Waals surface area contributed by atoms with Crippen molar-refractivity contribution < 1.29 is 22.7 Å². The summed E-state index contributed by atoms with van der Waals surface area (Å²) in [6.45, 7) is 2.88. The van der Waals surface area contributed by atoms with E-state index in [2.05, 4.69) is 10.0 Å². The SMILES string of the molecule is CCOC(=O)N1CCC(NS(=O)(=O)c2ccc(NC(=O)c3ccccc3Cl)c3ccccc23)CC1. The van der Waals surface area contributed by atoms with Gasteiger partial charge in [0.25, 0.3) is 5.91 Å². The van der Waals surface area contributed by atoms with Crippen molar-refractivity contribution in [3.63, 3.8) is 0 Å². The molecule has 0 spiro atoms. The Morgan fingerprint density at radius 1 is 1.00 bits per heavy atom. The van der Waals surface area contributed by atoms with Gasteiger partial charge >= 0.3 is 6.09 Å². The van der Waals surface area contributed by atoms with Crippen LogP contribution in [0.5, 0.6) is 0 Å². The smallest absolute Gasteiger partial charge is 0.409 e. The fourth-order valence-electron chi connectivity index (χ4n) is 4.13. The molecule has 0 aromatic heterocycles. The molecule has 0 unspecified atom stereocenters. The van der Waals surface area contributed by atoms with E-state index in [1.54, 1.807) is 66.4 Å². The molecule has 0 aliphatic carbocycles. The molecule has 1 aliphatic heterocycles. The van der Waals surface area contributed by atoms with E-state index in [1.165, 1.54) is 6.07 Å². The summed E-state index contributed by atoms with van der Waals surface area (Å²) in [5, 5.41) is 4.24. The van der Waals surface area contributed by atoms with Crippen molar-refractivity contribution in [2.45, 2.75) is 30.7 Å². The highest BCUT2D eigenvalue weighted by Crippen LogP contribution is 2.31. The van der Waals surface area contributed by atoms with Gasteiger partial charge in [-0.1, -0.05) is 48.0 Å². The van der Waals surface area contributed by atoms with E-state index in [4.69, 9.17) is 16.3 Å². The zero-order valence-corrected chi connectivity index (χ0v) is 20.7. The van der Waals surface area contributed by atoms with Gasteiger partial charge in [-0.3, -0.25) is 4.79 Å². The average molecular weight is 516 g/mol. The maximum Gasteiger partial charge on any atom is 0.409 e. The number of halogens is 1. The summed E-state index contributed by atoms with van der Waals surface area (Å²) in [5.74, 6) is -0.386. The second-order valence-corrected chi connectivity index (χ2v) is 10.3. The molecule has 3 aromatic rings. The molecule has 1 saturated heterocycles. The minimum absolute atomic E-state index is 0.122. The van der Waals surface area contributed by atoms with Crippen LogP contribution in [0.25, 0.3) is 10.8 Å². The molecule has 10 heteroatoms. The molecular weight excluding hydrogens is 490 g/mol. The fourth-order valence-corrected chi connectivity index (χ4v) is 5.87. The van der Waals surface area contributed by atoms with Gasteiger partial charge < -0.3 is 15.0 Å². The first-order valence-electron chi connectivity index (χ1n) is 11.3. The lowest BCUT2D eigenvalue weighted by atomic mass is 10.1. The summed E-state index contributed by atoms with van der Waals surface area (Å²) in [7, 11) is -3.86. The predicted octanol–water partition coefficient (Wildman–Crippen LogP) is 4.64. The molecule has 1 aliphatic rings. The fraction of sp³-hybridized carbons (Fsp3) is 0.280. The molecule has 184 valence electrons.